The largest absolute Gasteiger partial charge is 0.491 e. The van der Waals surface area contributed by atoms with Crippen LogP contribution in [0.3, 0.4) is 0 Å². The van der Waals surface area contributed by atoms with Crippen LogP contribution in [-0.4, -0.2) is 36.7 Å². The standard InChI is InChI=1S/C20H23N3O4S/c1-3-26-12-13-27-18-10-4-15(5-11-18)19(25)23-20(28)22-17-8-6-16(7-9-17)21-14(2)24/h4-11H,3,12-13H2,1-2H3,(H,21,24)(H2,22,23,25,28). The number of hydrogen-bond acceptors (Lipinski definition) is 5. The van der Waals surface area contributed by atoms with E-state index in [1.807, 2.05) is 6.92 Å². The number of benzene rings is 2. The fourth-order valence-corrected chi connectivity index (χ4v) is 2.45. The van der Waals surface area contributed by atoms with Crippen molar-refractivity contribution < 1.29 is 19.1 Å². The van der Waals surface area contributed by atoms with Gasteiger partial charge in [-0.25, -0.2) is 0 Å². The molecule has 2 aromatic carbocycles. The van der Waals surface area contributed by atoms with Gasteiger partial charge in [-0.1, -0.05) is 0 Å². The Morgan fingerprint density at radius 1 is 0.929 bits per heavy atom. The van der Waals surface area contributed by atoms with Crippen molar-refractivity contribution in [3.63, 3.8) is 0 Å². The summed E-state index contributed by atoms with van der Waals surface area (Å²) in [6.45, 7) is 4.98. The van der Waals surface area contributed by atoms with E-state index in [0.717, 1.165) is 0 Å². The zero-order valence-electron chi connectivity index (χ0n) is 15.8. The molecule has 0 aliphatic rings. The molecule has 7 nitrogen and oxygen atoms in total. The van der Waals surface area contributed by atoms with Gasteiger partial charge in [0.15, 0.2) is 5.11 Å². The highest BCUT2D eigenvalue weighted by atomic mass is 32.1. The molecule has 0 saturated carbocycles. The third-order valence-electron chi connectivity index (χ3n) is 3.51. The number of thiocarbonyl (C=S) groups is 1. The van der Waals surface area contributed by atoms with E-state index in [0.29, 0.717) is 42.5 Å². The number of carbonyl (C=O) groups excluding carboxylic acids is 2. The second-order valence-corrected chi connectivity index (χ2v) is 6.14. The van der Waals surface area contributed by atoms with Crippen molar-refractivity contribution in [3.05, 3.63) is 54.1 Å². The van der Waals surface area contributed by atoms with Crippen LogP contribution >= 0.6 is 12.2 Å². The summed E-state index contributed by atoms with van der Waals surface area (Å²) >= 11 is 5.17. The monoisotopic (exact) mass is 401 g/mol. The van der Waals surface area contributed by atoms with Gasteiger partial charge in [-0.3, -0.25) is 14.9 Å². The molecule has 0 unspecified atom stereocenters. The Balaban J connectivity index is 1.83. The van der Waals surface area contributed by atoms with Crippen molar-refractivity contribution in [2.45, 2.75) is 13.8 Å². The first kappa shape index (κ1) is 21.3. The van der Waals surface area contributed by atoms with Crippen LogP contribution in [0.25, 0.3) is 0 Å². The second kappa shape index (κ2) is 11.0. The molecule has 0 saturated heterocycles. The summed E-state index contributed by atoms with van der Waals surface area (Å²) in [6, 6.07) is 13.7. The Hall–Kier alpha value is -2.97. The number of anilines is 2. The van der Waals surface area contributed by atoms with Crippen LogP contribution < -0.4 is 20.7 Å². The Morgan fingerprint density at radius 2 is 1.54 bits per heavy atom. The average Bonchev–Trinajstić information content (AvgIpc) is 2.67. The molecule has 0 aromatic heterocycles. The van der Waals surface area contributed by atoms with Gasteiger partial charge >= 0.3 is 0 Å². The lowest BCUT2D eigenvalue weighted by Gasteiger charge is -2.11. The smallest absolute Gasteiger partial charge is 0.257 e. The van der Waals surface area contributed by atoms with Crippen LogP contribution in [0.15, 0.2) is 48.5 Å². The Bertz CT molecular complexity index is 807. The van der Waals surface area contributed by atoms with Crippen LogP contribution in [0.1, 0.15) is 24.2 Å². The van der Waals surface area contributed by atoms with Gasteiger partial charge in [-0.05, 0) is 67.7 Å². The van der Waals surface area contributed by atoms with E-state index >= 15 is 0 Å². The van der Waals surface area contributed by atoms with Gasteiger partial charge in [0.1, 0.15) is 12.4 Å². The molecule has 0 spiro atoms. The summed E-state index contributed by atoms with van der Waals surface area (Å²) in [5, 5.41) is 8.40. The molecular formula is C20H23N3O4S. The summed E-state index contributed by atoms with van der Waals surface area (Å²) in [5.74, 6) is 0.193. The molecule has 2 rings (SSSR count). The Labute approximate surface area is 169 Å². The summed E-state index contributed by atoms with van der Waals surface area (Å²) in [4.78, 5) is 23.3. The molecule has 0 bridgehead atoms. The number of ether oxygens (including phenoxy) is 2. The zero-order valence-corrected chi connectivity index (χ0v) is 16.6. The van der Waals surface area contributed by atoms with E-state index in [1.165, 1.54) is 6.92 Å². The second-order valence-electron chi connectivity index (χ2n) is 5.74. The third-order valence-corrected chi connectivity index (χ3v) is 3.71. The zero-order chi connectivity index (χ0) is 20.4. The predicted octanol–water partition coefficient (Wildman–Crippen LogP) is 3.19. The SMILES string of the molecule is CCOCCOc1ccc(C(=O)NC(=S)Nc2ccc(NC(C)=O)cc2)cc1. The van der Waals surface area contributed by atoms with Gasteiger partial charge in [0.2, 0.25) is 5.91 Å². The summed E-state index contributed by atoms with van der Waals surface area (Å²) < 4.78 is 10.7. The van der Waals surface area contributed by atoms with Crippen LogP contribution in [0.5, 0.6) is 5.75 Å². The summed E-state index contributed by atoms with van der Waals surface area (Å²) in [7, 11) is 0. The number of nitrogens with one attached hydrogen (secondary N) is 3. The van der Waals surface area contributed by atoms with Crippen molar-refractivity contribution in [3.8, 4) is 5.75 Å². The van der Waals surface area contributed by atoms with Gasteiger partial charge in [0.25, 0.3) is 5.91 Å². The summed E-state index contributed by atoms with van der Waals surface area (Å²) in [5.41, 5.74) is 1.83. The molecule has 3 N–H and O–H groups in total. The first-order valence-electron chi connectivity index (χ1n) is 8.78. The highest BCUT2D eigenvalue weighted by Crippen LogP contribution is 2.14. The van der Waals surface area contributed by atoms with E-state index < -0.39 is 0 Å². The number of hydrogen-bond donors (Lipinski definition) is 3. The lowest BCUT2D eigenvalue weighted by atomic mass is 10.2. The van der Waals surface area contributed by atoms with E-state index in [1.54, 1.807) is 48.5 Å². The van der Waals surface area contributed by atoms with Gasteiger partial charge in [-0.15, -0.1) is 0 Å². The van der Waals surface area contributed by atoms with Gasteiger partial charge < -0.3 is 20.1 Å². The van der Waals surface area contributed by atoms with Crippen molar-refractivity contribution in [1.82, 2.24) is 5.32 Å². The minimum Gasteiger partial charge on any atom is -0.491 e. The molecule has 0 heterocycles. The van der Waals surface area contributed by atoms with Crippen molar-refractivity contribution >= 4 is 40.5 Å². The first-order valence-corrected chi connectivity index (χ1v) is 9.19. The number of carbonyl (C=O) groups is 2. The Kier molecular flexibility index (Phi) is 8.38. The maximum atomic E-state index is 12.3. The van der Waals surface area contributed by atoms with Crippen LogP contribution in [-0.2, 0) is 9.53 Å². The lowest BCUT2D eigenvalue weighted by Crippen LogP contribution is -2.34. The van der Waals surface area contributed by atoms with Crippen molar-refractivity contribution in [1.29, 1.82) is 0 Å². The quantitative estimate of drug-likeness (QED) is 0.465. The minimum atomic E-state index is -0.326. The normalized spacial score (nSPS) is 10.1. The minimum absolute atomic E-state index is 0.144. The maximum absolute atomic E-state index is 12.3. The van der Waals surface area contributed by atoms with Gasteiger partial charge in [0, 0.05) is 30.5 Å². The topological polar surface area (TPSA) is 88.7 Å². The number of rotatable bonds is 8. The van der Waals surface area contributed by atoms with E-state index in [4.69, 9.17) is 21.7 Å². The molecule has 0 atom stereocenters. The van der Waals surface area contributed by atoms with E-state index in [2.05, 4.69) is 16.0 Å². The van der Waals surface area contributed by atoms with E-state index in [9.17, 15) is 9.59 Å². The lowest BCUT2D eigenvalue weighted by molar-refractivity contribution is -0.114. The van der Waals surface area contributed by atoms with Crippen molar-refractivity contribution in [2.24, 2.45) is 0 Å². The fourth-order valence-electron chi connectivity index (χ4n) is 2.24. The van der Waals surface area contributed by atoms with Crippen molar-refractivity contribution in [2.75, 3.05) is 30.5 Å². The molecule has 148 valence electrons. The molecule has 2 amide bonds. The molecule has 0 fully saturated rings. The first-order chi connectivity index (χ1) is 13.5. The molecule has 28 heavy (non-hydrogen) atoms. The van der Waals surface area contributed by atoms with Gasteiger partial charge in [0.05, 0.1) is 6.61 Å². The molecule has 0 aliphatic heterocycles. The highest BCUT2D eigenvalue weighted by Gasteiger charge is 2.08. The molecule has 0 radical (unpaired) electrons. The van der Waals surface area contributed by atoms with Crippen LogP contribution in [0, 0.1) is 0 Å². The maximum Gasteiger partial charge on any atom is 0.257 e. The third kappa shape index (κ3) is 7.34. The van der Waals surface area contributed by atoms with Crippen LogP contribution in [0.2, 0.25) is 0 Å². The Morgan fingerprint density at radius 3 is 2.11 bits per heavy atom. The predicted molar refractivity (Wildman–Crippen MR) is 113 cm³/mol. The molecule has 0 aliphatic carbocycles. The van der Waals surface area contributed by atoms with Crippen LogP contribution in [0.4, 0.5) is 11.4 Å². The molecule has 8 heteroatoms. The van der Waals surface area contributed by atoms with Gasteiger partial charge in [-0.2, -0.15) is 0 Å². The highest BCUT2D eigenvalue weighted by molar-refractivity contribution is 7.80. The number of amides is 2. The summed E-state index contributed by atoms with van der Waals surface area (Å²) in [6.07, 6.45) is 0. The fraction of sp³-hybridized carbons (Fsp3) is 0.250. The average molecular weight is 401 g/mol. The molecule has 2 aromatic rings. The molecular weight excluding hydrogens is 378 g/mol. The van der Waals surface area contributed by atoms with E-state index in [-0.39, 0.29) is 16.9 Å².